The first kappa shape index (κ1) is 48.3. The molecule has 0 bridgehead atoms. The van der Waals surface area contributed by atoms with Crippen LogP contribution in [0.25, 0.3) is 0 Å². The Hall–Kier alpha value is -2.71. The zero-order valence-corrected chi connectivity index (χ0v) is 33.3. The molecule has 8 nitrogen and oxygen atoms in total. The van der Waals surface area contributed by atoms with Crippen LogP contribution in [0.4, 0.5) is 0 Å². The van der Waals surface area contributed by atoms with Crippen LogP contribution in [-0.2, 0) is 28.6 Å². The van der Waals surface area contributed by atoms with Crippen LogP contribution in [0.3, 0.4) is 0 Å². The highest BCUT2D eigenvalue weighted by atomic mass is 16.6. The Balaban J connectivity index is 4.43. The van der Waals surface area contributed by atoms with E-state index >= 15 is 0 Å². The number of hydrogen-bond donors (Lipinski definition) is 1. The number of carboxylic acids is 1. The van der Waals surface area contributed by atoms with Gasteiger partial charge < -0.3 is 23.8 Å². The predicted molar refractivity (Wildman–Crippen MR) is 211 cm³/mol. The van der Waals surface area contributed by atoms with Crippen LogP contribution >= 0.6 is 0 Å². The Morgan fingerprint density at radius 1 is 0.588 bits per heavy atom. The van der Waals surface area contributed by atoms with E-state index in [0.717, 1.165) is 64.2 Å². The summed E-state index contributed by atoms with van der Waals surface area (Å²) in [7, 11) is 5.50. The first-order valence-corrected chi connectivity index (χ1v) is 20.2. The van der Waals surface area contributed by atoms with Crippen molar-refractivity contribution in [1.29, 1.82) is 0 Å². The molecule has 0 aromatic carbocycles. The van der Waals surface area contributed by atoms with Crippen LogP contribution in [0.15, 0.2) is 48.6 Å². The van der Waals surface area contributed by atoms with Crippen molar-refractivity contribution in [3.63, 3.8) is 0 Å². The molecule has 0 amide bonds. The Labute approximate surface area is 312 Å². The molecule has 294 valence electrons. The second kappa shape index (κ2) is 34.4. The molecule has 0 radical (unpaired) electrons. The second-order valence-electron chi connectivity index (χ2n) is 14.6. The minimum absolute atomic E-state index is 0.0513. The Bertz CT molecular complexity index is 979. The fourth-order valence-electron chi connectivity index (χ4n) is 5.63. The third kappa shape index (κ3) is 32.9. The number of aliphatic carboxylic acids is 1. The van der Waals surface area contributed by atoms with Gasteiger partial charge in [-0.1, -0.05) is 146 Å². The van der Waals surface area contributed by atoms with E-state index in [9.17, 15) is 19.5 Å². The summed E-state index contributed by atoms with van der Waals surface area (Å²) in [6, 6.07) is -0.618. The predicted octanol–water partition coefficient (Wildman–Crippen LogP) is 10.5. The highest BCUT2D eigenvalue weighted by Gasteiger charge is 2.31. The van der Waals surface area contributed by atoms with Gasteiger partial charge in [-0.15, -0.1) is 0 Å². The van der Waals surface area contributed by atoms with Crippen molar-refractivity contribution < 1.29 is 38.2 Å². The quantitative estimate of drug-likeness (QED) is 0.0301. The number of ether oxygens (including phenoxy) is 3. The molecule has 2 unspecified atom stereocenters. The lowest BCUT2D eigenvalue weighted by Gasteiger charge is -2.31. The molecular weight excluding hydrogens is 642 g/mol. The number of allylic oxidation sites excluding steroid dienone is 8. The Morgan fingerprint density at radius 3 is 1.57 bits per heavy atom. The maximum Gasteiger partial charge on any atom is 0.362 e. The van der Waals surface area contributed by atoms with Gasteiger partial charge in [0.2, 0.25) is 0 Å². The number of unbranched alkanes of at least 4 members (excludes halogenated alkanes) is 16. The molecule has 0 fully saturated rings. The lowest BCUT2D eigenvalue weighted by molar-refractivity contribution is -0.887. The van der Waals surface area contributed by atoms with Gasteiger partial charge in [0.1, 0.15) is 6.61 Å². The van der Waals surface area contributed by atoms with Gasteiger partial charge in [-0.05, 0) is 38.5 Å². The van der Waals surface area contributed by atoms with Crippen LogP contribution in [0.5, 0.6) is 0 Å². The first-order chi connectivity index (χ1) is 24.6. The summed E-state index contributed by atoms with van der Waals surface area (Å²) in [4.78, 5) is 36.8. The average molecular weight is 719 g/mol. The van der Waals surface area contributed by atoms with E-state index < -0.39 is 18.1 Å². The molecule has 0 aliphatic carbocycles. The largest absolute Gasteiger partial charge is 0.477 e. The summed E-state index contributed by atoms with van der Waals surface area (Å²) in [6.45, 7) is 4.64. The monoisotopic (exact) mass is 719 g/mol. The normalized spacial score (nSPS) is 13.5. The SMILES string of the molecule is CCCCC/C=C/C=C/C=C/C=C/CCCCCCCC(=O)OC(COCCC(C(=O)O)[N+](C)(C)C)COC(=O)CCCCCCCCCCC. The van der Waals surface area contributed by atoms with Crippen molar-refractivity contribution in [1.82, 2.24) is 0 Å². The van der Waals surface area contributed by atoms with Gasteiger partial charge in [-0.25, -0.2) is 4.79 Å². The average Bonchev–Trinajstić information content (AvgIpc) is 3.08. The molecule has 0 rings (SSSR count). The molecule has 0 aliphatic rings. The summed E-state index contributed by atoms with van der Waals surface area (Å²) in [5.74, 6) is -1.50. The summed E-state index contributed by atoms with van der Waals surface area (Å²) in [5, 5.41) is 9.58. The number of nitrogens with zero attached hydrogens (tertiary/aromatic N) is 1. The molecule has 0 heterocycles. The van der Waals surface area contributed by atoms with Gasteiger partial charge in [-0.3, -0.25) is 9.59 Å². The Morgan fingerprint density at radius 2 is 1.04 bits per heavy atom. The van der Waals surface area contributed by atoms with Crippen molar-refractivity contribution >= 4 is 17.9 Å². The number of likely N-dealkylation sites (N-methyl/N-ethyl adjacent to an activating group) is 1. The van der Waals surface area contributed by atoms with Crippen LogP contribution in [-0.4, -0.2) is 80.6 Å². The zero-order chi connectivity index (χ0) is 37.8. The summed E-state index contributed by atoms with van der Waals surface area (Å²) < 4.78 is 17.2. The van der Waals surface area contributed by atoms with Crippen LogP contribution in [0.1, 0.15) is 155 Å². The van der Waals surface area contributed by atoms with E-state index in [0.29, 0.717) is 19.3 Å². The first-order valence-electron chi connectivity index (χ1n) is 20.2. The number of quaternary nitrogens is 1. The van der Waals surface area contributed by atoms with Crippen LogP contribution in [0, 0.1) is 0 Å². The molecule has 0 aliphatic heterocycles. The summed E-state index contributed by atoms with van der Waals surface area (Å²) >= 11 is 0. The van der Waals surface area contributed by atoms with E-state index in [1.165, 1.54) is 57.8 Å². The molecule has 0 saturated heterocycles. The van der Waals surface area contributed by atoms with Gasteiger partial charge in [0.05, 0.1) is 34.4 Å². The standard InChI is InChI=1S/C43H75NO7/c1-6-8-10-12-14-16-17-18-19-20-21-22-23-24-26-28-30-32-34-42(46)51-39(37-49-36-35-40(43(47)48)44(3,4)5)38-50-41(45)33-31-29-27-25-15-13-11-9-7-2/h14,16-22,39-40H,6-13,15,23-38H2,1-5H3/p+1/b16-14+,18-17+,20-19+,22-21+. The van der Waals surface area contributed by atoms with E-state index in [1.807, 2.05) is 27.2 Å². The van der Waals surface area contributed by atoms with Gasteiger partial charge in [0.25, 0.3) is 0 Å². The molecule has 1 N–H and O–H groups in total. The number of carboxylic acid groups (broad SMARTS) is 1. The van der Waals surface area contributed by atoms with Crippen molar-refractivity contribution in [3.8, 4) is 0 Å². The topological polar surface area (TPSA) is 99.1 Å². The fourth-order valence-corrected chi connectivity index (χ4v) is 5.63. The Kier molecular flexibility index (Phi) is 32.6. The maximum atomic E-state index is 12.7. The van der Waals surface area contributed by atoms with E-state index in [1.54, 1.807) is 0 Å². The van der Waals surface area contributed by atoms with E-state index in [2.05, 4.69) is 56.4 Å². The highest BCUT2D eigenvalue weighted by molar-refractivity contribution is 5.72. The van der Waals surface area contributed by atoms with Crippen molar-refractivity contribution in [2.24, 2.45) is 0 Å². The lowest BCUT2D eigenvalue weighted by Crippen LogP contribution is -2.50. The van der Waals surface area contributed by atoms with E-state index in [4.69, 9.17) is 14.2 Å². The molecule has 0 saturated carbocycles. The third-order valence-corrected chi connectivity index (χ3v) is 8.83. The number of rotatable bonds is 35. The van der Waals surface area contributed by atoms with Crippen molar-refractivity contribution in [2.75, 3.05) is 41.0 Å². The number of carbonyl (C=O) groups excluding carboxylic acids is 2. The highest BCUT2D eigenvalue weighted by Crippen LogP contribution is 2.13. The van der Waals surface area contributed by atoms with Crippen LogP contribution in [0.2, 0.25) is 0 Å². The van der Waals surface area contributed by atoms with E-state index in [-0.39, 0.29) is 36.2 Å². The second-order valence-corrected chi connectivity index (χ2v) is 14.6. The van der Waals surface area contributed by atoms with Gasteiger partial charge in [0, 0.05) is 19.3 Å². The molecule has 0 aromatic rings. The zero-order valence-electron chi connectivity index (χ0n) is 33.3. The molecule has 51 heavy (non-hydrogen) atoms. The number of carbonyl (C=O) groups is 3. The van der Waals surface area contributed by atoms with Gasteiger partial charge in [0.15, 0.2) is 12.1 Å². The smallest absolute Gasteiger partial charge is 0.362 e. The summed E-state index contributed by atoms with van der Waals surface area (Å²) in [5.41, 5.74) is 0. The minimum atomic E-state index is -0.881. The fraction of sp³-hybridized carbons (Fsp3) is 0.744. The van der Waals surface area contributed by atoms with Gasteiger partial charge >= 0.3 is 17.9 Å². The molecular formula is C43H76NO7+. The van der Waals surface area contributed by atoms with Crippen molar-refractivity contribution in [3.05, 3.63) is 48.6 Å². The maximum absolute atomic E-state index is 12.7. The van der Waals surface area contributed by atoms with Gasteiger partial charge in [-0.2, -0.15) is 0 Å². The lowest BCUT2D eigenvalue weighted by atomic mass is 10.1. The van der Waals surface area contributed by atoms with Crippen LogP contribution < -0.4 is 0 Å². The molecule has 8 heteroatoms. The number of hydrogen-bond acceptors (Lipinski definition) is 6. The molecule has 2 atom stereocenters. The molecule has 0 spiro atoms. The van der Waals surface area contributed by atoms with Crippen molar-refractivity contribution in [2.45, 2.75) is 167 Å². The minimum Gasteiger partial charge on any atom is -0.477 e. The third-order valence-electron chi connectivity index (χ3n) is 8.83. The summed E-state index contributed by atoms with van der Waals surface area (Å²) in [6.07, 6.45) is 38.6. The number of esters is 2. The molecule has 0 aromatic heterocycles.